The minimum Gasteiger partial charge on any atom is -0.482 e. The van der Waals surface area contributed by atoms with Gasteiger partial charge in [0.05, 0.1) is 18.2 Å². The highest BCUT2D eigenvalue weighted by molar-refractivity contribution is 6.00. The second-order valence-electron chi connectivity index (χ2n) is 11.3. The molecule has 3 aromatic rings. The van der Waals surface area contributed by atoms with Crippen LogP contribution >= 0.6 is 0 Å². The summed E-state index contributed by atoms with van der Waals surface area (Å²) in [5.41, 5.74) is 1.34. The molecule has 1 fully saturated rings. The van der Waals surface area contributed by atoms with Crippen LogP contribution in [-0.4, -0.2) is 55.7 Å². The molecule has 3 N–H and O–H groups in total. The molecule has 1 atom stereocenters. The lowest BCUT2D eigenvalue weighted by Crippen LogP contribution is -2.44. The zero-order chi connectivity index (χ0) is 33.2. The minimum absolute atomic E-state index is 0.0287. The number of aliphatic carboxylic acids is 1. The molecule has 4 amide bonds. The van der Waals surface area contributed by atoms with Gasteiger partial charge in [-0.3, -0.25) is 14.4 Å². The molecule has 0 aromatic heterocycles. The number of nitrogens with one attached hydrogen (secondary N) is 2. The number of halogens is 2. The third kappa shape index (κ3) is 9.26. The zero-order valence-corrected chi connectivity index (χ0v) is 25.8. The Kier molecular flexibility index (Phi) is 11.7. The number of nitrogens with zero attached hydrogens (tertiary/aromatic N) is 2. The lowest BCUT2D eigenvalue weighted by atomic mass is 9.89. The highest BCUT2D eigenvalue weighted by Crippen LogP contribution is 2.32. The first-order valence-corrected chi connectivity index (χ1v) is 15.1. The molecule has 0 radical (unpaired) electrons. The summed E-state index contributed by atoms with van der Waals surface area (Å²) in [6, 6.07) is 15.4. The summed E-state index contributed by atoms with van der Waals surface area (Å²) in [5.74, 6) is -3.87. The molecule has 1 aliphatic rings. The van der Waals surface area contributed by atoms with Gasteiger partial charge in [0.15, 0.2) is 6.61 Å². The van der Waals surface area contributed by atoms with E-state index in [2.05, 4.69) is 10.6 Å². The first-order valence-electron chi connectivity index (χ1n) is 15.1. The average molecular weight is 637 g/mol. The predicted octanol–water partition coefficient (Wildman–Crippen LogP) is 5.93. The maximum atomic E-state index is 13.7. The molecule has 0 heterocycles. The Hall–Kier alpha value is -5.00. The molecule has 0 saturated heterocycles. The first kappa shape index (κ1) is 33.9. The normalized spacial score (nSPS) is 13.7. The van der Waals surface area contributed by atoms with E-state index in [0.717, 1.165) is 49.1 Å². The Morgan fingerprint density at radius 2 is 1.63 bits per heavy atom. The lowest BCUT2D eigenvalue weighted by molar-refractivity contribution is -0.138. The van der Waals surface area contributed by atoms with Crippen molar-refractivity contribution >= 4 is 40.9 Å². The van der Waals surface area contributed by atoms with Gasteiger partial charge in [0.25, 0.3) is 5.91 Å². The highest BCUT2D eigenvalue weighted by atomic mass is 19.1. The van der Waals surface area contributed by atoms with E-state index in [1.54, 1.807) is 60.4 Å². The number of hydrogen-bond acceptors (Lipinski definition) is 5. The summed E-state index contributed by atoms with van der Waals surface area (Å²) in [5, 5.41) is 14.5. The number of urea groups is 1. The summed E-state index contributed by atoms with van der Waals surface area (Å²) >= 11 is 0. The van der Waals surface area contributed by atoms with E-state index in [0.29, 0.717) is 29.5 Å². The van der Waals surface area contributed by atoms with Crippen LogP contribution in [0.25, 0.3) is 0 Å². The number of hydrogen-bond donors (Lipinski definition) is 3. The number of anilines is 3. The Labute approximate surface area is 266 Å². The maximum absolute atomic E-state index is 13.7. The van der Waals surface area contributed by atoms with Gasteiger partial charge in [-0.25, -0.2) is 13.6 Å². The van der Waals surface area contributed by atoms with Crippen LogP contribution < -0.4 is 25.2 Å². The topological polar surface area (TPSA) is 128 Å². The van der Waals surface area contributed by atoms with Gasteiger partial charge < -0.3 is 30.3 Å². The lowest BCUT2D eigenvalue weighted by Gasteiger charge is -2.31. The molecule has 244 valence electrons. The molecule has 1 saturated carbocycles. The first-order chi connectivity index (χ1) is 22.0. The second kappa shape index (κ2) is 15.8. The minimum atomic E-state index is -0.993. The number of para-hydroxylation sites is 2. The fourth-order valence-corrected chi connectivity index (χ4v) is 5.33. The van der Waals surface area contributed by atoms with Gasteiger partial charge in [-0.15, -0.1) is 0 Å². The Morgan fingerprint density at radius 1 is 0.935 bits per heavy atom. The monoisotopic (exact) mass is 636 g/mol. The Morgan fingerprint density at radius 3 is 2.33 bits per heavy atom. The van der Waals surface area contributed by atoms with Crippen LogP contribution in [0.1, 0.15) is 50.5 Å². The number of amides is 4. The molecule has 4 rings (SSSR count). The summed E-state index contributed by atoms with van der Waals surface area (Å²) in [4.78, 5) is 53.2. The Bertz CT molecular complexity index is 1540. The predicted molar refractivity (Wildman–Crippen MR) is 170 cm³/mol. The van der Waals surface area contributed by atoms with E-state index >= 15 is 0 Å². The van der Waals surface area contributed by atoms with Crippen molar-refractivity contribution in [3.63, 3.8) is 0 Å². The molecule has 12 heteroatoms. The van der Waals surface area contributed by atoms with Crippen LogP contribution in [0.3, 0.4) is 0 Å². The summed E-state index contributed by atoms with van der Waals surface area (Å²) in [6.07, 6.45) is 5.11. The molecular formula is C34H38F2N4O6. The molecule has 46 heavy (non-hydrogen) atoms. The molecule has 1 unspecified atom stereocenters. The van der Waals surface area contributed by atoms with Crippen LogP contribution in [0.5, 0.6) is 5.75 Å². The number of carbonyl (C=O) groups excluding carboxylic acids is 3. The van der Waals surface area contributed by atoms with E-state index in [1.165, 1.54) is 7.05 Å². The molecule has 0 spiro atoms. The fourth-order valence-electron chi connectivity index (χ4n) is 5.33. The van der Waals surface area contributed by atoms with Crippen molar-refractivity contribution in [2.24, 2.45) is 5.92 Å². The quantitative estimate of drug-likeness (QED) is 0.226. The van der Waals surface area contributed by atoms with Crippen LogP contribution in [0.2, 0.25) is 0 Å². The number of likely N-dealkylation sites (N-methyl/N-ethyl adjacent to an activating group) is 1. The number of carbonyl (C=O) groups is 4. The number of carboxylic acid groups (broad SMARTS) is 1. The van der Waals surface area contributed by atoms with E-state index < -0.39 is 48.0 Å². The molecular weight excluding hydrogens is 598 g/mol. The van der Waals surface area contributed by atoms with Crippen molar-refractivity contribution in [1.82, 2.24) is 5.32 Å². The molecule has 1 aliphatic carbocycles. The van der Waals surface area contributed by atoms with E-state index in [4.69, 9.17) is 4.74 Å². The van der Waals surface area contributed by atoms with Gasteiger partial charge in [-0.1, -0.05) is 43.5 Å². The van der Waals surface area contributed by atoms with E-state index in [-0.39, 0.29) is 23.9 Å². The van der Waals surface area contributed by atoms with Crippen molar-refractivity contribution in [2.75, 3.05) is 41.9 Å². The van der Waals surface area contributed by atoms with Crippen molar-refractivity contribution in [3.8, 4) is 5.75 Å². The van der Waals surface area contributed by atoms with Gasteiger partial charge in [-0.05, 0) is 67.6 Å². The SMILES string of the molecule is CC(C(=O)O)c1cccc(NC(=O)NCC(=O)N(CC2CCCCC2)c2ccccc2OCC(=O)N(C)c2cc(F)cc(F)c2)c1. The van der Waals surface area contributed by atoms with Crippen LogP contribution in [0.4, 0.5) is 30.6 Å². The van der Waals surface area contributed by atoms with Gasteiger partial charge in [0.2, 0.25) is 5.91 Å². The van der Waals surface area contributed by atoms with E-state index in [1.807, 2.05) is 0 Å². The second-order valence-corrected chi connectivity index (χ2v) is 11.3. The largest absolute Gasteiger partial charge is 0.482 e. The number of benzene rings is 3. The third-order valence-corrected chi connectivity index (χ3v) is 8.00. The van der Waals surface area contributed by atoms with Crippen molar-refractivity contribution in [3.05, 3.63) is 83.9 Å². The van der Waals surface area contributed by atoms with Crippen molar-refractivity contribution in [1.29, 1.82) is 0 Å². The standard InChI is InChI=1S/C34H38F2N4O6/c1-22(33(43)44)24-11-8-12-27(15-24)38-34(45)37-19-31(41)40(20-23-9-4-3-5-10-23)29-13-6-7-14-30(29)46-21-32(42)39(2)28-17-25(35)16-26(36)18-28/h6-8,11-18,22-23H,3-5,9-10,19-21H2,1-2H3,(H,43,44)(H2,37,38,45). The highest BCUT2D eigenvalue weighted by Gasteiger charge is 2.26. The third-order valence-electron chi connectivity index (χ3n) is 8.00. The van der Waals surface area contributed by atoms with Crippen LogP contribution in [0.15, 0.2) is 66.7 Å². The van der Waals surface area contributed by atoms with Crippen molar-refractivity contribution < 1.29 is 37.8 Å². The van der Waals surface area contributed by atoms with Gasteiger partial charge in [0.1, 0.15) is 17.4 Å². The van der Waals surface area contributed by atoms with Crippen LogP contribution in [-0.2, 0) is 14.4 Å². The number of carboxylic acids is 1. The summed E-state index contributed by atoms with van der Waals surface area (Å²) in [7, 11) is 1.38. The number of ether oxygens (including phenoxy) is 1. The Balaban J connectivity index is 1.46. The fraction of sp³-hybridized carbons (Fsp3) is 0.353. The maximum Gasteiger partial charge on any atom is 0.319 e. The molecule has 10 nitrogen and oxygen atoms in total. The van der Waals surface area contributed by atoms with Gasteiger partial charge in [0, 0.05) is 31.0 Å². The smallest absolute Gasteiger partial charge is 0.319 e. The zero-order valence-electron chi connectivity index (χ0n) is 25.8. The van der Waals surface area contributed by atoms with Gasteiger partial charge >= 0.3 is 12.0 Å². The molecule has 0 aliphatic heterocycles. The van der Waals surface area contributed by atoms with Crippen LogP contribution in [0, 0.1) is 17.6 Å². The summed E-state index contributed by atoms with van der Waals surface area (Å²) in [6.45, 7) is 1.12. The average Bonchev–Trinajstić information content (AvgIpc) is 3.04. The molecule has 0 bridgehead atoms. The number of rotatable bonds is 12. The van der Waals surface area contributed by atoms with E-state index in [9.17, 15) is 33.1 Å². The van der Waals surface area contributed by atoms with Crippen molar-refractivity contribution in [2.45, 2.75) is 44.9 Å². The van der Waals surface area contributed by atoms with Gasteiger partial charge in [-0.2, -0.15) is 0 Å². The molecule has 3 aromatic carbocycles. The summed E-state index contributed by atoms with van der Waals surface area (Å²) < 4.78 is 33.3.